The summed E-state index contributed by atoms with van der Waals surface area (Å²) in [6.07, 6.45) is 0. The van der Waals surface area contributed by atoms with Gasteiger partial charge in [0.2, 0.25) is 0 Å². The third-order valence-corrected chi connectivity index (χ3v) is 20.8. The predicted molar refractivity (Wildman–Crippen MR) is 455 cm³/mol. The number of anilines is 9. The summed E-state index contributed by atoms with van der Waals surface area (Å²) in [6, 6.07) is 126. The first-order chi connectivity index (χ1) is 53.7. The molecule has 2 aliphatic heterocycles. The van der Waals surface area contributed by atoms with E-state index in [2.05, 4.69) is 267 Å². The number of para-hydroxylation sites is 18. The van der Waals surface area contributed by atoms with Crippen LogP contribution in [-0.2, 0) is 0 Å². The number of benzene rings is 16. The van der Waals surface area contributed by atoms with Crippen LogP contribution in [0.15, 0.2) is 376 Å². The van der Waals surface area contributed by atoms with Gasteiger partial charge in [-0.1, -0.05) is 238 Å². The van der Waals surface area contributed by atoms with Crippen molar-refractivity contribution in [2.75, 3.05) is 20.9 Å². The van der Waals surface area contributed by atoms with E-state index < -0.39 is 10.7 Å². The second-order valence-electron chi connectivity index (χ2n) is 26.9. The number of fused-ring (bicyclic) bond motifs is 16. The van der Waals surface area contributed by atoms with Crippen LogP contribution in [0.5, 0.6) is 0 Å². The largest absolute Gasteiger partial charge is 0.397 e. The highest BCUT2D eigenvalue weighted by atomic mass is 19.1. The molecule has 13 heteroatoms. The van der Waals surface area contributed by atoms with Crippen LogP contribution in [0, 0.1) is 21.7 Å². The molecular formula is C97H71F2N9O2. The number of hydrogen-bond donors (Lipinski definition) is 2. The number of nitrogen functional groups attached to an aromatic ring is 1. The molecule has 0 saturated carbocycles. The number of rotatable bonds is 8. The summed E-state index contributed by atoms with van der Waals surface area (Å²) in [6.45, 7) is 0. The number of hydrogen-bond acceptors (Lipinski definition) is 6. The summed E-state index contributed by atoms with van der Waals surface area (Å²) in [7, 11) is 0. The summed E-state index contributed by atoms with van der Waals surface area (Å²) in [4.78, 5) is 15.6. The van der Waals surface area contributed by atoms with Crippen molar-refractivity contribution < 1.29 is 15.1 Å². The van der Waals surface area contributed by atoms with Crippen molar-refractivity contribution in [1.29, 1.82) is 0 Å². The maximum absolute atomic E-state index is 14.5. The van der Waals surface area contributed by atoms with Gasteiger partial charge in [-0.3, -0.25) is 10.1 Å². The van der Waals surface area contributed by atoms with E-state index in [-0.39, 0.29) is 20.4 Å². The molecule has 0 amide bonds. The van der Waals surface area contributed by atoms with E-state index >= 15 is 0 Å². The maximum Gasteiger partial charge on any atom is 0.293 e. The standard InChI is InChI=1S/C42H29N3.C18H11FN2O2.C18H13FN2.C18H12N2.CH4.H2/c1-3-12-32(13-4-1)43(33-14-5-2-6-15-33)34-26-22-30(23-27-34)31-24-28-35(29-25-31)44-39-19-9-10-20-40(39)45-38-18-8-7-16-36(38)37-17-11-21-41(44)42(37)45;19-14-8-5-7-13-12-6-1-2-9-15(12)20(18(13)14)16-10-3-4-11-17(16)21(22)23;19-14-8-5-7-13-12-6-1-3-10-16(12)21(18(13)14)17-11-4-2-9-15(17)20;1-3-10-16-12(6-1)13-7-5-9-15-18(13)20(16)17-11-4-2-8-14(17)19-15;;/h1-29H;1-11H;1-11H,20H2;1-11,19H;1H4;1H. The number of nitro groups is 1. The summed E-state index contributed by atoms with van der Waals surface area (Å²) >= 11 is 0. The van der Waals surface area contributed by atoms with Gasteiger partial charge in [0.1, 0.15) is 17.3 Å². The van der Waals surface area contributed by atoms with Gasteiger partial charge in [-0.05, 0) is 151 Å². The summed E-state index contributed by atoms with van der Waals surface area (Å²) in [5.74, 6) is -0.649. The Kier molecular flexibility index (Phi) is 17.0. The Bertz CT molecular complexity index is 6900. The fraction of sp³-hybridized carbons (Fsp3) is 0.0103. The van der Waals surface area contributed by atoms with E-state index in [1.165, 1.54) is 101 Å². The molecule has 3 N–H and O–H groups in total. The Labute approximate surface area is 633 Å². The van der Waals surface area contributed by atoms with E-state index in [1.54, 1.807) is 34.9 Å². The van der Waals surface area contributed by atoms with E-state index in [4.69, 9.17) is 5.73 Å². The Morgan fingerprint density at radius 3 is 1.20 bits per heavy atom. The van der Waals surface area contributed by atoms with Gasteiger partial charge >= 0.3 is 0 Å². The molecule has 0 aliphatic carbocycles. The van der Waals surface area contributed by atoms with E-state index in [9.17, 15) is 18.9 Å². The quantitative estimate of drug-likeness (QED) is 0.0892. The molecule has 4 aromatic heterocycles. The number of aromatic nitrogens is 4. The van der Waals surface area contributed by atoms with Crippen LogP contribution in [0.1, 0.15) is 8.85 Å². The molecule has 11 nitrogen and oxygen atoms in total. The van der Waals surface area contributed by atoms with E-state index in [0.717, 1.165) is 66.7 Å². The molecule has 0 spiro atoms. The molecule has 0 saturated heterocycles. The molecule has 0 atom stereocenters. The molecule has 0 radical (unpaired) electrons. The number of nitrogens with zero attached hydrogens (tertiary/aromatic N) is 7. The van der Waals surface area contributed by atoms with E-state index in [1.807, 2.05) is 89.5 Å². The lowest BCUT2D eigenvalue weighted by Crippen LogP contribution is -2.17. The Balaban J connectivity index is 0.000000115. The zero-order chi connectivity index (χ0) is 73.2. The predicted octanol–water partition coefficient (Wildman–Crippen LogP) is 26.8. The van der Waals surface area contributed by atoms with Gasteiger partial charge in [-0.2, -0.15) is 0 Å². The van der Waals surface area contributed by atoms with Gasteiger partial charge in [-0.15, -0.1) is 0 Å². The number of halogens is 2. The minimum atomic E-state index is -0.448. The Morgan fingerprint density at radius 1 is 0.309 bits per heavy atom. The first-order valence-corrected chi connectivity index (χ1v) is 36.1. The SMILES string of the molecule is C.Nc1ccccc1-n1c2ccccc2c2cccc(F)c21.O=[N+]([O-])c1ccccc1-n1c2ccccc2c2cccc(F)c21.[HH].c1ccc(N(c2ccccc2)c2ccc(-c3ccc(N4c5ccccc5-n5c6ccccc6c6cccc4c65)cc3)cc2)cc1.c1ccc2c(c1)Nc1cccc3c4ccccc4n-2c13. The smallest absolute Gasteiger partial charge is 0.293 e. The van der Waals surface area contributed by atoms with Gasteiger partial charge in [-0.25, -0.2) is 8.78 Å². The van der Waals surface area contributed by atoms with Gasteiger partial charge in [0.25, 0.3) is 5.69 Å². The second kappa shape index (κ2) is 27.9. The van der Waals surface area contributed by atoms with Crippen molar-refractivity contribution in [1.82, 2.24) is 18.3 Å². The molecule has 22 rings (SSSR count). The van der Waals surface area contributed by atoms with Crippen molar-refractivity contribution >= 4 is 144 Å². The minimum absolute atomic E-state index is 0. The molecule has 20 aromatic rings. The molecule has 0 unspecified atom stereocenters. The normalized spacial score (nSPS) is 11.6. The molecule has 2 aliphatic rings. The summed E-state index contributed by atoms with van der Waals surface area (Å²) in [5, 5.41) is 23.6. The van der Waals surface area contributed by atoms with Gasteiger partial charge in [0, 0.05) is 73.3 Å². The first kappa shape index (κ1) is 67.1. The summed E-state index contributed by atoms with van der Waals surface area (Å²) in [5.41, 5.74) is 29.5. The van der Waals surface area contributed by atoms with E-state index in [0.29, 0.717) is 22.4 Å². The molecule has 0 bridgehead atoms. The van der Waals surface area contributed by atoms with Crippen molar-refractivity contribution in [2.45, 2.75) is 7.43 Å². The topological polar surface area (TPSA) is 107 Å². The fourth-order valence-corrected chi connectivity index (χ4v) is 16.1. The monoisotopic (exact) mass is 1430 g/mol. The van der Waals surface area contributed by atoms with Gasteiger partial charge in [0.05, 0.1) is 94.6 Å². The Morgan fingerprint density at radius 2 is 0.664 bits per heavy atom. The average molecular weight is 1430 g/mol. The average Bonchev–Trinajstić information content (AvgIpc) is 1.60. The minimum Gasteiger partial charge on any atom is -0.397 e. The Hall–Kier alpha value is -14.8. The maximum atomic E-state index is 14.5. The number of nitrogens with one attached hydrogen (secondary N) is 1. The highest BCUT2D eigenvalue weighted by Crippen LogP contribution is 2.51. The van der Waals surface area contributed by atoms with Crippen LogP contribution < -0.4 is 20.9 Å². The number of nitro benzene ring substituents is 1. The zero-order valence-corrected chi connectivity index (χ0v) is 58.6. The van der Waals surface area contributed by atoms with Gasteiger partial charge in [0.15, 0.2) is 0 Å². The van der Waals surface area contributed by atoms with Crippen molar-refractivity contribution in [2.24, 2.45) is 0 Å². The molecule has 110 heavy (non-hydrogen) atoms. The lowest BCUT2D eigenvalue weighted by atomic mass is 10.0. The van der Waals surface area contributed by atoms with Crippen LogP contribution >= 0.6 is 0 Å². The summed E-state index contributed by atoms with van der Waals surface area (Å²) < 4.78 is 37.3. The number of nitrogens with two attached hydrogens (primary N) is 1. The highest BCUT2D eigenvalue weighted by Gasteiger charge is 2.29. The van der Waals surface area contributed by atoms with Crippen LogP contribution in [0.25, 0.3) is 121 Å². The molecule has 16 aromatic carbocycles. The molecular weight excluding hydrogens is 1360 g/mol. The van der Waals surface area contributed by atoms with Crippen LogP contribution in [-0.4, -0.2) is 23.2 Å². The van der Waals surface area contributed by atoms with Gasteiger partial charge < -0.3 is 39.1 Å². The molecule has 530 valence electrons. The van der Waals surface area contributed by atoms with Crippen LogP contribution in [0.4, 0.5) is 65.7 Å². The first-order valence-electron chi connectivity index (χ1n) is 36.1. The third kappa shape index (κ3) is 11.3. The fourth-order valence-electron chi connectivity index (χ4n) is 16.1. The van der Waals surface area contributed by atoms with Crippen molar-refractivity contribution in [3.63, 3.8) is 0 Å². The van der Waals surface area contributed by atoms with Crippen molar-refractivity contribution in [3.05, 3.63) is 398 Å². The highest BCUT2D eigenvalue weighted by molar-refractivity contribution is 6.18. The van der Waals surface area contributed by atoms with Crippen molar-refractivity contribution in [3.8, 4) is 33.9 Å². The molecule has 0 fully saturated rings. The lowest BCUT2D eigenvalue weighted by molar-refractivity contribution is -0.384. The third-order valence-electron chi connectivity index (χ3n) is 20.8. The van der Waals surface area contributed by atoms with Crippen LogP contribution in [0.3, 0.4) is 0 Å². The van der Waals surface area contributed by atoms with Crippen LogP contribution in [0.2, 0.25) is 0 Å². The lowest BCUT2D eigenvalue weighted by Gasteiger charge is -2.33. The molecule has 6 heterocycles. The zero-order valence-electron chi connectivity index (χ0n) is 58.6. The second-order valence-corrected chi connectivity index (χ2v) is 26.9.